The smallest absolute Gasteiger partial charge is 0.330 e. The van der Waals surface area contributed by atoms with E-state index in [0.717, 1.165) is 46.1 Å². The molecule has 0 bridgehead atoms. The van der Waals surface area contributed by atoms with Gasteiger partial charge in [-0.2, -0.15) is 0 Å². The number of halogens is 1. The van der Waals surface area contributed by atoms with E-state index in [1.54, 1.807) is 12.1 Å². The van der Waals surface area contributed by atoms with Crippen LogP contribution in [0.1, 0.15) is 0 Å². The van der Waals surface area contributed by atoms with Crippen LogP contribution in [0.2, 0.25) is 5.02 Å². The van der Waals surface area contributed by atoms with Crippen molar-refractivity contribution in [2.24, 2.45) is 0 Å². The number of hydrogen-bond donors (Lipinski definition) is 1. The van der Waals surface area contributed by atoms with Crippen molar-refractivity contribution in [3.8, 4) is 22.3 Å². The molecule has 0 aliphatic carbocycles. The molecule has 0 unspecified atom stereocenters. The molecule has 0 fully saturated rings. The lowest BCUT2D eigenvalue weighted by atomic mass is 9.87. The summed E-state index contributed by atoms with van der Waals surface area (Å²) < 4.78 is 6.26. The van der Waals surface area contributed by atoms with Crippen LogP contribution in [0.5, 0.6) is 0 Å². The van der Waals surface area contributed by atoms with Gasteiger partial charge in [0.2, 0.25) is 0 Å². The van der Waals surface area contributed by atoms with Gasteiger partial charge in [0.25, 0.3) is 0 Å². The fraction of sp³-hybridized carbons (Fsp3) is 0. The van der Waals surface area contributed by atoms with E-state index in [-0.39, 0.29) is 0 Å². The summed E-state index contributed by atoms with van der Waals surface area (Å²) in [7, 11) is 1.06. The van der Waals surface area contributed by atoms with Gasteiger partial charge in [-0.1, -0.05) is 78.3 Å². The van der Waals surface area contributed by atoms with Crippen LogP contribution in [0.25, 0.3) is 44.2 Å². The SMILES string of the molecule is O[B]c1ccc(Cl)c2c1oc1c(-c3ccccc3)cc(-c3ccccc3)cc12. The molecule has 1 aromatic heterocycles. The van der Waals surface area contributed by atoms with Crippen LogP contribution in [0.15, 0.2) is 89.3 Å². The second-order valence-corrected chi connectivity index (χ2v) is 7.11. The zero-order valence-corrected chi connectivity index (χ0v) is 15.6. The number of rotatable bonds is 3. The van der Waals surface area contributed by atoms with Crippen LogP contribution in [0.3, 0.4) is 0 Å². The highest BCUT2D eigenvalue weighted by Gasteiger charge is 2.19. The van der Waals surface area contributed by atoms with E-state index in [1.807, 2.05) is 36.4 Å². The molecule has 4 heteroatoms. The molecule has 5 rings (SSSR count). The van der Waals surface area contributed by atoms with Crippen molar-refractivity contribution in [1.29, 1.82) is 0 Å². The predicted octanol–water partition coefficient (Wildman–Crippen LogP) is 5.81. The lowest BCUT2D eigenvalue weighted by molar-refractivity contribution is 0.613. The van der Waals surface area contributed by atoms with Crippen molar-refractivity contribution in [3.05, 3.63) is 90.0 Å². The summed E-state index contributed by atoms with van der Waals surface area (Å²) in [6.07, 6.45) is 0. The first-order valence-corrected chi connectivity index (χ1v) is 9.41. The monoisotopic (exact) mass is 381 g/mol. The third kappa shape index (κ3) is 2.72. The third-order valence-corrected chi connectivity index (χ3v) is 5.35. The second kappa shape index (κ2) is 6.86. The molecule has 0 spiro atoms. The number of hydrogen-bond acceptors (Lipinski definition) is 2. The number of furan rings is 1. The van der Waals surface area contributed by atoms with Crippen LogP contribution >= 0.6 is 11.6 Å². The molecule has 2 nitrogen and oxygen atoms in total. The average molecular weight is 382 g/mol. The molecule has 5 aromatic rings. The largest absolute Gasteiger partial charge is 0.456 e. The Morgan fingerprint density at radius 2 is 1.39 bits per heavy atom. The summed E-state index contributed by atoms with van der Waals surface area (Å²) in [5.74, 6) is 0. The maximum Gasteiger partial charge on any atom is 0.330 e. The average Bonchev–Trinajstić information content (AvgIpc) is 3.15. The third-order valence-electron chi connectivity index (χ3n) is 5.03. The van der Waals surface area contributed by atoms with Gasteiger partial charge >= 0.3 is 7.48 Å². The maximum absolute atomic E-state index is 9.64. The molecule has 28 heavy (non-hydrogen) atoms. The van der Waals surface area contributed by atoms with E-state index in [4.69, 9.17) is 16.0 Å². The lowest BCUT2D eigenvalue weighted by Gasteiger charge is -2.08. The van der Waals surface area contributed by atoms with Gasteiger partial charge < -0.3 is 9.44 Å². The minimum Gasteiger partial charge on any atom is -0.456 e. The van der Waals surface area contributed by atoms with E-state index in [0.29, 0.717) is 16.1 Å². The van der Waals surface area contributed by atoms with Crippen LogP contribution in [0, 0.1) is 0 Å². The lowest BCUT2D eigenvalue weighted by Crippen LogP contribution is -2.13. The molecule has 1 radical (unpaired) electrons. The Morgan fingerprint density at radius 3 is 2.07 bits per heavy atom. The Kier molecular flexibility index (Phi) is 4.20. The summed E-state index contributed by atoms with van der Waals surface area (Å²) in [5, 5.41) is 12.0. The molecule has 133 valence electrons. The first-order chi connectivity index (χ1) is 13.8. The van der Waals surface area contributed by atoms with Gasteiger partial charge in [0.15, 0.2) is 0 Å². The van der Waals surface area contributed by atoms with E-state index < -0.39 is 0 Å². The summed E-state index contributed by atoms with van der Waals surface area (Å²) in [6.45, 7) is 0. The van der Waals surface area contributed by atoms with Crippen molar-refractivity contribution in [2.75, 3.05) is 0 Å². The van der Waals surface area contributed by atoms with Crippen LogP contribution in [-0.4, -0.2) is 12.5 Å². The van der Waals surface area contributed by atoms with E-state index in [2.05, 4.69) is 36.4 Å². The molecule has 1 N–H and O–H groups in total. The first kappa shape index (κ1) is 17.1. The van der Waals surface area contributed by atoms with Gasteiger partial charge in [-0.15, -0.1) is 0 Å². The molecule has 0 amide bonds. The molecular weight excluding hydrogens is 367 g/mol. The van der Waals surface area contributed by atoms with Crippen molar-refractivity contribution in [1.82, 2.24) is 0 Å². The quantitative estimate of drug-likeness (QED) is 0.400. The van der Waals surface area contributed by atoms with Crippen molar-refractivity contribution < 1.29 is 9.44 Å². The number of fused-ring (bicyclic) bond motifs is 3. The van der Waals surface area contributed by atoms with Gasteiger partial charge in [0, 0.05) is 16.3 Å². The molecule has 0 aliphatic heterocycles. The van der Waals surface area contributed by atoms with E-state index >= 15 is 0 Å². The molecule has 0 aliphatic rings. The van der Waals surface area contributed by atoms with Crippen molar-refractivity contribution in [2.45, 2.75) is 0 Å². The highest BCUT2D eigenvalue weighted by Crippen LogP contribution is 2.41. The summed E-state index contributed by atoms with van der Waals surface area (Å²) in [5.41, 5.74) is 6.23. The molecule has 0 saturated heterocycles. The van der Waals surface area contributed by atoms with E-state index in [9.17, 15) is 5.02 Å². The molecule has 4 aromatic carbocycles. The number of benzene rings is 4. The van der Waals surface area contributed by atoms with Gasteiger partial charge in [-0.05, 0) is 40.4 Å². The minimum absolute atomic E-state index is 0.590. The van der Waals surface area contributed by atoms with Gasteiger partial charge in [0.05, 0.1) is 5.02 Å². The molecule has 0 saturated carbocycles. The van der Waals surface area contributed by atoms with Crippen LogP contribution in [-0.2, 0) is 0 Å². The highest BCUT2D eigenvalue weighted by molar-refractivity contribution is 6.51. The predicted molar refractivity (Wildman–Crippen MR) is 117 cm³/mol. The van der Waals surface area contributed by atoms with Crippen LogP contribution < -0.4 is 5.46 Å². The summed E-state index contributed by atoms with van der Waals surface area (Å²) in [6, 6.07) is 28.2. The summed E-state index contributed by atoms with van der Waals surface area (Å²) >= 11 is 6.55. The summed E-state index contributed by atoms with van der Waals surface area (Å²) in [4.78, 5) is 0. The normalized spacial score (nSPS) is 11.2. The molecular formula is C24H15BClO2. The minimum atomic E-state index is 0.590. The zero-order valence-electron chi connectivity index (χ0n) is 14.9. The Hall–Kier alpha value is -3.01. The fourth-order valence-electron chi connectivity index (χ4n) is 3.69. The van der Waals surface area contributed by atoms with Gasteiger partial charge in [0.1, 0.15) is 11.2 Å². The first-order valence-electron chi connectivity index (χ1n) is 9.03. The van der Waals surface area contributed by atoms with Gasteiger partial charge in [-0.3, -0.25) is 0 Å². The Balaban J connectivity index is 1.94. The van der Waals surface area contributed by atoms with Crippen molar-refractivity contribution in [3.63, 3.8) is 0 Å². The zero-order chi connectivity index (χ0) is 19.1. The second-order valence-electron chi connectivity index (χ2n) is 6.70. The highest BCUT2D eigenvalue weighted by atomic mass is 35.5. The van der Waals surface area contributed by atoms with E-state index in [1.165, 1.54) is 0 Å². The molecule has 1 heterocycles. The molecule has 0 atom stereocenters. The topological polar surface area (TPSA) is 33.4 Å². The Bertz CT molecular complexity index is 1290. The Morgan fingerprint density at radius 1 is 0.714 bits per heavy atom. The standard InChI is InChI=1S/C24H15BClO2/c26-21-12-11-20(25-27)24-22(21)19-14-17(15-7-3-1-4-8-15)13-18(23(19)28-24)16-9-5-2-6-10-16/h1-14,27H. The Labute approximate surface area is 168 Å². The van der Waals surface area contributed by atoms with Gasteiger partial charge in [-0.25, -0.2) is 0 Å². The van der Waals surface area contributed by atoms with Crippen molar-refractivity contribution >= 4 is 46.5 Å². The fourth-order valence-corrected chi connectivity index (χ4v) is 3.94. The van der Waals surface area contributed by atoms with Crippen LogP contribution in [0.4, 0.5) is 0 Å². The maximum atomic E-state index is 9.64.